The zero-order valence-corrected chi connectivity index (χ0v) is 17.4. The summed E-state index contributed by atoms with van der Waals surface area (Å²) >= 11 is 0. The first-order valence-electron chi connectivity index (χ1n) is 9.76. The number of aryl methyl sites for hydroxylation is 2. The van der Waals surface area contributed by atoms with Crippen LogP contribution in [0.4, 0.5) is 15.8 Å². The lowest BCUT2D eigenvalue weighted by molar-refractivity contribution is -0.120. The molecule has 1 heterocycles. The minimum absolute atomic E-state index is 0.139. The van der Waals surface area contributed by atoms with Gasteiger partial charge in [-0.05, 0) is 79.1 Å². The molecular formula is C25H21FN2O3. The van der Waals surface area contributed by atoms with E-state index in [1.807, 2.05) is 26.0 Å². The molecule has 3 aromatic carbocycles. The Balaban J connectivity index is 1.81. The van der Waals surface area contributed by atoms with Gasteiger partial charge in [0.1, 0.15) is 17.3 Å². The van der Waals surface area contributed by atoms with Crippen molar-refractivity contribution in [3.05, 3.63) is 94.9 Å². The zero-order chi connectivity index (χ0) is 22.1. The minimum atomic E-state index is -0.469. The summed E-state index contributed by atoms with van der Waals surface area (Å²) in [6.45, 7) is 3.90. The molecule has 0 fully saturated rings. The molecule has 1 N–H and O–H groups in total. The Hall–Kier alpha value is -3.93. The van der Waals surface area contributed by atoms with Gasteiger partial charge in [-0.2, -0.15) is 0 Å². The van der Waals surface area contributed by atoms with Gasteiger partial charge in [0.05, 0.1) is 18.4 Å². The number of hydrogen-bond donors (Lipinski definition) is 1. The molecule has 1 aliphatic heterocycles. The van der Waals surface area contributed by atoms with E-state index in [2.05, 4.69) is 5.32 Å². The highest BCUT2D eigenvalue weighted by atomic mass is 19.1. The highest BCUT2D eigenvalue weighted by molar-refractivity contribution is 6.46. The number of nitrogens with one attached hydrogen (secondary N) is 1. The van der Waals surface area contributed by atoms with Gasteiger partial charge < -0.3 is 10.1 Å². The Labute approximate surface area is 179 Å². The lowest BCUT2D eigenvalue weighted by Crippen LogP contribution is -2.32. The average Bonchev–Trinajstić information content (AvgIpc) is 3.01. The molecule has 6 heteroatoms. The van der Waals surface area contributed by atoms with Crippen molar-refractivity contribution >= 4 is 28.8 Å². The van der Waals surface area contributed by atoms with Crippen molar-refractivity contribution < 1.29 is 18.7 Å². The highest BCUT2D eigenvalue weighted by Gasteiger charge is 2.40. The number of hydrogen-bond acceptors (Lipinski definition) is 4. The standard InChI is InChI=1S/C25H21FN2O3/c1-15-4-11-20(14-16(15)2)28-24(29)22(17-5-12-21(31-3)13-6-17)23(25(28)30)27-19-9-7-18(26)8-10-19/h4-14,27H,1-3H3. The van der Waals surface area contributed by atoms with Crippen LogP contribution in [0.15, 0.2) is 72.4 Å². The Morgan fingerprint density at radius 2 is 1.52 bits per heavy atom. The average molecular weight is 416 g/mol. The first-order chi connectivity index (χ1) is 14.9. The summed E-state index contributed by atoms with van der Waals surface area (Å²) in [4.78, 5) is 28.0. The van der Waals surface area contributed by atoms with Crippen LogP contribution in [0.1, 0.15) is 16.7 Å². The number of halogens is 1. The molecule has 5 nitrogen and oxygen atoms in total. The molecule has 0 bridgehead atoms. The van der Waals surface area contributed by atoms with E-state index in [-0.39, 0.29) is 17.1 Å². The first kappa shape index (κ1) is 20.3. The third-order valence-corrected chi connectivity index (χ3v) is 5.32. The molecule has 1 aliphatic rings. The van der Waals surface area contributed by atoms with Crippen LogP contribution < -0.4 is 15.0 Å². The molecule has 3 aromatic rings. The summed E-state index contributed by atoms with van der Waals surface area (Å²) < 4.78 is 18.5. The van der Waals surface area contributed by atoms with E-state index in [0.29, 0.717) is 22.7 Å². The minimum Gasteiger partial charge on any atom is -0.497 e. The van der Waals surface area contributed by atoms with Gasteiger partial charge in [0, 0.05) is 5.69 Å². The van der Waals surface area contributed by atoms with Crippen molar-refractivity contribution in [2.45, 2.75) is 13.8 Å². The van der Waals surface area contributed by atoms with Crippen molar-refractivity contribution in [3.63, 3.8) is 0 Å². The van der Waals surface area contributed by atoms with E-state index >= 15 is 0 Å². The molecule has 0 atom stereocenters. The molecular weight excluding hydrogens is 395 g/mol. The van der Waals surface area contributed by atoms with Gasteiger partial charge in [0.15, 0.2) is 0 Å². The molecule has 0 spiro atoms. The van der Waals surface area contributed by atoms with Crippen LogP contribution in [0.3, 0.4) is 0 Å². The van der Waals surface area contributed by atoms with Crippen LogP contribution >= 0.6 is 0 Å². The summed E-state index contributed by atoms with van der Waals surface area (Å²) in [5.41, 5.74) is 4.01. The van der Waals surface area contributed by atoms with Crippen LogP contribution in [-0.4, -0.2) is 18.9 Å². The summed E-state index contributed by atoms with van der Waals surface area (Å²) in [5.74, 6) is -0.646. The molecule has 2 amide bonds. The predicted molar refractivity (Wildman–Crippen MR) is 118 cm³/mol. The number of nitrogens with zero attached hydrogens (tertiary/aromatic N) is 1. The number of ether oxygens (including phenoxy) is 1. The maximum absolute atomic E-state index is 13.4. The SMILES string of the molecule is COc1ccc(C2=C(Nc3ccc(F)cc3)C(=O)N(c3ccc(C)c(C)c3)C2=O)cc1. The Bertz CT molecular complexity index is 1200. The fourth-order valence-electron chi connectivity index (χ4n) is 3.45. The molecule has 0 aliphatic carbocycles. The topological polar surface area (TPSA) is 58.6 Å². The summed E-state index contributed by atoms with van der Waals surface area (Å²) in [7, 11) is 1.56. The lowest BCUT2D eigenvalue weighted by atomic mass is 10.0. The second-order valence-electron chi connectivity index (χ2n) is 7.32. The van der Waals surface area contributed by atoms with E-state index in [9.17, 15) is 14.0 Å². The Morgan fingerprint density at radius 1 is 0.839 bits per heavy atom. The van der Waals surface area contributed by atoms with E-state index in [1.54, 1.807) is 37.4 Å². The van der Waals surface area contributed by atoms with Crippen LogP contribution in [0.2, 0.25) is 0 Å². The molecule has 156 valence electrons. The number of imide groups is 1. The number of methoxy groups -OCH3 is 1. The third kappa shape index (κ3) is 3.80. The Morgan fingerprint density at radius 3 is 2.13 bits per heavy atom. The van der Waals surface area contributed by atoms with E-state index in [0.717, 1.165) is 16.0 Å². The fraction of sp³-hybridized carbons (Fsp3) is 0.120. The number of rotatable bonds is 5. The monoisotopic (exact) mass is 416 g/mol. The zero-order valence-electron chi connectivity index (χ0n) is 17.4. The maximum Gasteiger partial charge on any atom is 0.282 e. The van der Waals surface area contributed by atoms with E-state index in [4.69, 9.17) is 4.74 Å². The number of carbonyl (C=O) groups excluding carboxylic acids is 2. The van der Waals surface area contributed by atoms with E-state index < -0.39 is 11.8 Å². The second kappa shape index (κ2) is 8.07. The number of carbonyl (C=O) groups is 2. The van der Waals surface area contributed by atoms with Crippen LogP contribution in [0.5, 0.6) is 5.75 Å². The van der Waals surface area contributed by atoms with Gasteiger partial charge in [-0.15, -0.1) is 0 Å². The van der Waals surface area contributed by atoms with Gasteiger partial charge >= 0.3 is 0 Å². The van der Waals surface area contributed by atoms with Crippen molar-refractivity contribution in [1.82, 2.24) is 0 Å². The Kier molecular flexibility index (Phi) is 5.29. The van der Waals surface area contributed by atoms with Crippen molar-refractivity contribution in [1.29, 1.82) is 0 Å². The van der Waals surface area contributed by atoms with Crippen LogP contribution in [-0.2, 0) is 9.59 Å². The van der Waals surface area contributed by atoms with Crippen LogP contribution in [0.25, 0.3) is 5.57 Å². The third-order valence-electron chi connectivity index (χ3n) is 5.32. The van der Waals surface area contributed by atoms with Gasteiger partial charge in [-0.25, -0.2) is 9.29 Å². The smallest absolute Gasteiger partial charge is 0.282 e. The molecule has 31 heavy (non-hydrogen) atoms. The second-order valence-corrected chi connectivity index (χ2v) is 7.32. The quantitative estimate of drug-likeness (QED) is 0.604. The van der Waals surface area contributed by atoms with Crippen LogP contribution in [0, 0.1) is 19.7 Å². The normalized spacial score (nSPS) is 13.7. The van der Waals surface area contributed by atoms with Crippen molar-refractivity contribution in [2.75, 3.05) is 17.3 Å². The number of amides is 2. The molecule has 0 aromatic heterocycles. The van der Waals surface area contributed by atoms with Gasteiger partial charge in [-0.1, -0.05) is 18.2 Å². The highest BCUT2D eigenvalue weighted by Crippen LogP contribution is 2.35. The van der Waals surface area contributed by atoms with Gasteiger partial charge in [0.25, 0.3) is 11.8 Å². The molecule has 0 saturated heterocycles. The molecule has 0 saturated carbocycles. The largest absolute Gasteiger partial charge is 0.497 e. The van der Waals surface area contributed by atoms with Gasteiger partial charge in [0.2, 0.25) is 0 Å². The first-order valence-corrected chi connectivity index (χ1v) is 9.76. The lowest BCUT2D eigenvalue weighted by Gasteiger charge is -2.17. The number of benzene rings is 3. The maximum atomic E-state index is 13.4. The molecule has 0 unspecified atom stereocenters. The van der Waals surface area contributed by atoms with Crippen molar-refractivity contribution in [3.8, 4) is 5.75 Å². The fourth-order valence-corrected chi connectivity index (χ4v) is 3.45. The molecule has 0 radical (unpaired) electrons. The number of anilines is 2. The summed E-state index contributed by atoms with van der Waals surface area (Å²) in [5, 5.41) is 3.02. The molecule has 4 rings (SSSR count). The van der Waals surface area contributed by atoms with Crippen molar-refractivity contribution in [2.24, 2.45) is 0 Å². The predicted octanol–water partition coefficient (Wildman–Crippen LogP) is 4.85. The van der Waals surface area contributed by atoms with Gasteiger partial charge in [-0.3, -0.25) is 9.59 Å². The summed E-state index contributed by atoms with van der Waals surface area (Å²) in [6.07, 6.45) is 0. The van der Waals surface area contributed by atoms with E-state index in [1.165, 1.54) is 24.3 Å². The summed E-state index contributed by atoms with van der Waals surface area (Å²) in [6, 6.07) is 18.0.